The van der Waals surface area contributed by atoms with Crippen LogP contribution >= 0.6 is 15.9 Å². The van der Waals surface area contributed by atoms with Gasteiger partial charge >= 0.3 is 5.97 Å². The minimum atomic E-state index is -1.11. The molecule has 0 saturated carbocycles. The highest BCUT2D eigenvalue weighted by Gasteiger charge is 2.24. The Morgan fingerprint density at radius 3 is 2.29 bits per heavy atom. The van der Waals surface area contributed by atoms with E-state index in [1.165, 1.54) is 0 Å². The van der Waals surface area contributed by atoms with Crippen molar-refractivity contribution < 1.29 is 19.8 Å². The number of nitrogens with one attached hydrogen (secondary N) is 1. The summed E-state index contributed by atoms with van der Waals surface area (Å²) in [4.78, 5) is 22.9. The van der Waals surface area contributed by atoms with E-state index in [1.807, 2.05) is 13.8 Å². The lowest BCUT2D eigenvalue weighted by Crippen LogP contribution is -2.45. The number of hydrogen-bond donors (Lipinski definition) is 3. The predicted octanol–water partition coefficient (Wildman–Crippen LogP) is 2.43. The van der Waals surface area contributed by atoms with Gasteiger partial charge in [0.2, 0.25) is 0 Å². The molecule has 0 radical (unpaired) electrons. The number of aliphatic carboxylic acids is 1. The molecule has 5 nitrogen and oxygen atoms in total. The number of carbonyl (C=O) groups excluding carboxylic acids is 1. The Morgan fingerprint density at radius 2 is 1.81 bits per heavy atom. The second-order valence-electron chi connectivity index (χ2n) is 5.38. The van der Waals surface area contributed by atoms with Gasteiger partial charge in [0.05, 0.1) is 18.6 Å². The number of rotatable bonds is 7. The zero-order valence-electron chi connectivity index (χ0n) is 12.0. The smallest absolute Gasteiger partial charge is 0.306 e. The summed E-state index contributed by atoms with van der Waals surface area (Å²) >= 11 is 3.29. The molecule has 1 amide bonds. The van der Waals surface area contributed by atoms with Crippen LogP contribution in [-0.4, -0.2) is 34.2 Å². The van der Waals surface area contributed by atoms with E-state index in [-0.39, 0.29) is 11.8 Å². The van der Waals surface area contributed by atoms with Gasteiger partial charge < -0.3 is 15.5 Å². The number of amides is 1. The van der Waals surface area contributed by atoms with Gasteiger partial charge in [0.25, 0.3) is 5.91 Å². The van der Waals surface area contributed by atoms with Crippen LogP contribution in [0.4, 0.5) is 0 Å². The first-order chi connectivity index (χ1) is 9.79. The van der Waals surface area contributed by atoms with Gasteiger partial charge in [-0.05, 0) is 36.6 Å². The van der Waals surface area contributed by atoms with Gasteiger partial charge in [-0.25, -0.2) is 0 Å². The first-order valence-corrected chi connectivity index (χ1v) is 7.55. The fourth-order valence-electron chi connectivity index (χ4n) is 1.99. The van der Waals surface area contributed by atoms with E-state index in [9.17, 15) is 14.7 Å². The monoisotopic (exact) mass is 357 g/mol. The van der Waals surface area contributed by atoms with Gasteiger partial charge in [-0.1, -0.05) is 29.8 Å². The minimum Gasteiger partial charge on any atom is -0.481 e. The second-order valence-corrected chi connectivity index (χ2v) is 6.30. The Kier molecular flexibility index (Phi) is 6.84. The normalized spacial score (nSPS) is 13.8. The maximum Gasteiger partial charge on any atom is 0.306 e. The lowest BCUT2D eigenvalue weighted by Gasteiger charge is -2.25. The molecule has 1 rings (SSSR count). The molecule has 1 aromatic carbocycles. The Morgan fingerprint density at radius 1 is 1.24 bits per heavy atom. The summed E-state index contributed by atoms with van der Waals surface area (Å²) in [5.41, 5.74) is 0.467. The number of benzene rings is 1. The molecule has 0 fully saturated rings. The van der Waals surface area contributed by atoms with Gasteiger partial charge in [-0.3, -0.25) is 9.59 Å². The summed E-state index contributed by atoms with van der Waals surface area (Å²) < 4.78 is 0.865. The van der Waals surface area contributed by atoms with Gasteiger partial charge in [-0.2, -0.15) is 0 Å². The molecule has 0 spiro atoms. The number of aliphatic hydroxyl groups is 1. The van der Waals surface area contributed by atoms with E-state index in [4.69, 9.17) is 5.11 Å². The van der Waals surface area contributed by atoms with E-state index in [0.717, 1.165) is 4.47 Å². The van der Waals surface area contributed by atoms with Crippen LogP contribution in [0.3, 0.4) is 0 Å². The van der Waals surface area contributed by atoms with Crippen LogP contribution < -0.4 is 5.32 Å². The number of hydrogen-bond acceptors (Lipinski definition) is 3. The highest BCUT2D eigenvalue weighted by atomic mass is 79.9. The summed E-state index contributed by atoms with van der Waals surface area (Å²) in [6.45, 7) is 3.90. The SMILES string of the molecule is CC(C)C[C@H](NC(=O)c1ccc(Br)cc1)[C@@H](O)CC(=O)O. The fraction of sp³-hybridized carbons (Fsp3) is 0.467. The molecule has 0 aliphatic rings. The lowest BCUT2D eigenvalue weighted by atomic mass is 9.97. The minimum absolute atomic E-state index is 0.226. The molecular formula is C15H20BrNO4. The molecule has 0 bridgehead atoms. The molecule has 21 heavy (non-hydrogen) atoms. The third-order valence-corrected chi connectivity index (χ3v) is 3.53. The van der Waals surface area contributed by atoms with Crippen molar-refractivity contribution >= 4 is 27.8 Å². The van der Waals surface area contributed by atoms with Crippen molar-refractivity contribution in [3.05, 3.63) is 34.3 Å². The molecule has 0 unspecified atom stereocenters. The van der Waals surface area contributed by atoms with Crippen LogP contribution in [0.2, 0.25) is 0 Å². The average Bonchev–Trinajstić information content (AvgIpc) is 2.37. The highest BCUT2D eigenvalue weighted by Crippen LogP contribution is 2.14. The van der Waals surface area contributed by atoms with Crippen LogP contribution in [0.1, 0.15) is 37.0 Å². The van der Waals surface area contributed by atoms with Gasteiger partial charge in [0.15, 0.2) is 0 Å². The molecule has 2 atom stereocenters. The number of carboxylic acids is 1. The van der Waals surface area contributed by atoms with Crippen LogP contribution in [0.25, 0.3) is 0 Å². The molecule has 0 aromatic heterocycles. The molecule has 0 heterocycles. The zero-order valence-corrected chi connectivity index (χ0v) is 13.6. The molecule has 6 heteroatoms. The van der Waals surface area contributed by atoms with Crippen LogP contribution in [0.5, 0.6) is 0 Å². The highest BCUT2D eigenvalue weighted by molar-refractivity contribution is 9.10. The van der Waals surface area contributed by atoms with E-state index >= 15 is 0 Å². The molecule has 3 N–H and O–H groups in total. The second kappa shape index (κ2) is 8.14. The van der Waals surface area contributed by atoms with Crippen molar-refractivity contribution in [2.75, 3.05) is 0 Å². The Hall–Kier alpha value is -1.40. The Balaban J connectivity index is 2.77. The standard InChI is InChI=1S/C15H20BrNO4/c1-9(2)7-12(13(18)8-14(19)20)17-15(21)10-3-5-11(16)6-4-10/h3-6,9,12-13,18H,7-8H2,1-2H3,(H,17,21)(H,19,20)/t12-,13-/m0/s1. The summed E-state index contributed by atoms with van der Waals surface area (Å²) in [5.74, 6) is -1.18. The molecule has 116 valence electrons. The fourth-order valence-corrected chi connectivity index (χ4v) is 2.26. The number of halogens is 1. The zero-order chi connectivity index (χ0) is 16.0. The van der Waals surface area contributed by atoms with Crippen LogP contribution in [-0.2, 0) is 4.79 Å². The van der Waals surface area contributed by atoms with E-state index in [2.05, 4.69) is 21.2 Å². The summed E-state index contributed by atoms with van der Waals surface area (Å²) in [7, 11) is 0. The number of carboxylic acid groups (broad SMARTS) is 1. The van der Waals surface area contributed by atoms with Gasteiger partial charge in [0, 0.05) is 10.0 Å². The summed E-state index contributed by atoms with van der Waals surface area (Å²) in [6, 6.07) is 6.24. The largest absolute Gasteiger partial charge is 0.481 e. The van der Waals surface area contributed by atoms with E-state index in [0.29, 0.717) is 12.0 Å². The van der Waals surface area contributed by atoms with Gasteiger partial charge in [-0.15, -0.1) is 0 Å². The van der Waals surface area contributed by atoms with E-state index in [1.54, 1.807) is 24.3 Å². The Labute approximate surface area is 132 Å². The predicted molar refractivity (Wildman–Crippen MR) is 83.1 cm³/mol. The van der Waals surface area contributed by atoms with Crippen molar-refractivity contribution in [3.8, 4) is 0 Å². The number of aliphatic hydroxyl groups excluding tert-OH is 1. The molecular weight excluding hydrogens is 338 g/mol. The third-order valence-electron chi connectivity index (χ3n) is 3.00. The van der Waals surface area contributed by atoms with Crippen molar-refractivity contribution in [2.24, 2.45) is 5.92 Å². The van der Waals surface area contributed by atoms with Crippen LogP contribution in [0.15, 0.2) is 28.7 Å². The first kappa shape index (κ1) is 17.7. The van der Waals surface area contributed by atoms with Crippen molar-refractivity contribution in [1.29, 1.82) is 0 Å². The Bertz CT molecular complexity index is 487. The van der Waals surface area contributed by atoms with Crippen LogP contribution in [0, 0.1) is 5.92 Å². The van der Waals surface area contributed by atoms with E-state index < -0.39 is 24.5 Å². The lowest BCUT2D eigenvalue weighted by molar-refractivity contribution is -0.139. The molecule has 0 aliphatic carbocycles. The van der Waals surface area contributed by atoms with Crippen molar-refractivity contribution in [3.63, 3.8) is 0 Å². The number of carbonyl (C=O) groups is 2. The van der Waals surface area contributed by atoms with Gasteiger partial charge in [0.1, 0.15) is 0 Å². The quantitative estimate of drug-likeness (QED) is 0.699. The maximum absolute atomic E-state index is 12.2. The molecule has 0 aliphatic heterocycles. The summed E-state index contributed by atoms with van der Waals surface area (Å²) in [5, 5.41) is 21.5. The topological polar surface area (TPSA) is 86.6 Å². The summed E-state index contributed by atoms with van der Waals surface area (Å²) in [6.07, 6.45) is -0.987. The molecule has 0 saturated heterocycles. The average molecular weight is 358 g/mol. The van der Waals surface area contributed by atoms with Crippen molar-refractivity contribution in [2.45, 2.75) is 38.8 Å². The first-order valence-electron chi connectivity index (χ1n) is 6.76. The van der Waals surface area contributed by atoms with Crippen molar-refractivity contribution in [1.82, 2.24) is 5.32 Å². The molecule has 1 aromatic rings. The maximum atomic E-state index is 12.2. The third kappa shape index (κ3) is 6.27.